The van der Waals surface area contributed by atoms with E-state index in [1.54, 1.807) is 18.3 Å². The number of nitro groups is 1. The lowest BCUT2D eigenvalue weighted by molar-refractivity contribution is -0.384. The molecule has 0 amide bonds. The van der Waals surface area contributed by atoms with E-state index in [1.165, 1.54) is 0 Å². The number of nitrogens with one attached hydrogen (secondary N) is 2. The molecule has 1 aliphatic rings. The summed E-state index contributed by atoms with van der Waals surface area (Å²) in [6.45, 7) is 3.10. The van der Waals surface area contributed by atoms with Gasteiger partial charge in [0.05, 0.1) is 10.6 Å². The highest BCUT2D eigenvalue weighted by atomic mass is 16.6. The smallest absolute Gasteiger partial charge is 0.294 e. The number of piperazine rings is 1. The van der Waals surface area contributed by atoms with E-state index in [0.717, 1.165) is 48.3 Å². The normalized spacial score (nSPS) is 14.0. The predicted molar refractivity (Wildman–Crippen MR) is 125 cm³/mol. The number of hydrogen-bond acceptors (Lipinski definition) is 7. The summed E-state index contributed by atoms with van der Waals surface area (Å²) in [5.74, 6) is 0.389. The zero-order valence-electron chi connectivity index (χ0n) is 17.7. The first kappa shape index (κ1) is 20.0. The van der Waals surface area contributed by atoms with Crippen LogP contribution in [0.3, 0.4) is 0 Å². The molecule has 2 aromatic heterocycles. The number of nitro benzene ring substituents is 1. The van der Waals surface area contributed by atoms with Crippen molar-refractivity contribution in [1.29, 1.82) is 0 Å². The molecule has 162 valence electrons. The topological polar surface area (TPSA) is 101 Å². The highest BCUT2D eigenvalue weighted by Crippen LogP contribution is 2.33. The second kappa shape index (κ2) is 8.27. The molecule has 0 saturated carbocycles. The highest BCUT2D eigenvalue weighted by molar-refractivity contribution is 5.95. The van der Waals surface area contributed by atoms with E-state index in [-0.39, 0.29) is 10.6 Å². The van der Waals surface area contributed by atoms with Crippen LogP contribution in [0.15, 0.2) is 60.9 Å². The summed E-state index contributed by atoms with van der Waals surface area (Å²) in [6, 6.07) is 15.2. The van der Waals surface area contributed by atoms with E-state index in [9.17, 15) is 10.1 Å². The first-order valence-corrected chi connectivity index (χ1v) is 10.5. The Morgan fingerprint density at radius 1 is 1.12 bits per heavy atom. The van der Waals surface area contributed by atoms with E-state index in [1.807, 2.05) is 42.4 Å². The maximum atomic E-state index is 11.7. The fraction of sp³-hybridized carbons (Fsp3) is 0.217. The summed E-state index contributed by atoms with van der Waals surface area (Å²) in [4.78, 5) is 22.4. The molecule has 1 fully saturated rings. The van der Waals surface area contributed by atoms with Crippen molar-refractivity contribution < 1.29 is 4.92 Å². The van der Waals surface area contributed by atoms with Gasteiger partial charge in [-0.25, -0.2) is 9.97 Å². The van der Waals surface area contributed by atoms with Gasteiger partial charge in [0, 0.05) is 73.8 Å². The molecule has 0 radical (unpaired) electrons. The summed E-state index contributed by atoms with van der Waals surface area (Å²) in [7, 11) is 2.01. The molecule has 0 spiro atoms. The van der Waals surface area contributed by atoms with Gasteiger partial charge in [0.1, 0.15) is 5.69 Å². The van der Waals surface area contributed by atoms with Crippen molar-refractivity contribution in [2.24, 2.45) is 7.05 Å². The van der Waals surface area contributed by atoms with Gasteiger partial charge in [-0.1, -0.05) is 18.2 Å². The molecular formula is C23H23N7O2. The second-order valence-electron chi connectivity index (χ2n) is 7.76. The molecule has 0 bridgehead atoms. The summed E-state index contributed by atoms with van der Waals surface area (Å²) in [5, 5.41) is 19.2. The third-order valence-corrected chi connectivity index (χ3v) is 5.71. The Labute approximate surface area is 184 Å². The third-order valence-electron chi connectivity index (χ3n) is 5.71. The van der Waals surface area contributed by atoms with Crippen molar-refractivity contribution in [2.75, 3.05) is 36.4 Å². The Morgan fingerprint density at radius 2 is 1.94 bits per heavy atom. The number of fused-ring (bicyclic) bond motifs is 1. The first-order chi connectivity index (χ1) is 15.6. The largest absolute Gasteiger partial charge is 0.363 e. The van der Waals surface area contributed by atoms with Gasteiger partial charge in [-0.05, 0) is 24.3 Å². The second-order valence-corrected chi connectivity index (χ2v) is 7.76. The van der Waals surface area contributed by atoms with Crippen LogP contribution in [0, 0.1) is 10.1 Å². The van der Waals surface area contributed by atoms with Crippen LogP contribution in [0.4, 0.5) is 23.0 Å². The van der Waals surface area contributed by atoms with Crippen molar-refractivity contribution in [3.63, 3.8) is 0 Å². The molecule has 1 saturated heterocycles. The van der Waals surface area contributed by atoms with Crippen molar-refractivity contribution >= 4 is 33.9 Å². The molecule has 0 atom stereocenters. The molecule has 4 aromatic rings. The van der Waals surface area contributed by atoms with Crippen LogP contribution in [-0.2, 0) is 7.05 Å². The lowest BCUT2D eigenvalue weighted by Gasteiger charge is -2.29. The van der Waals surface area contributed by atoms with Gasteiger partial charge in [0.2, 0.25) is 5.95 Å². The van der Waals surface area contributed by atoms with Gasteiger partial charge in [-0.3, -0.25) is 10.1 Å². The molecule has 5 rings (SSSR count). The Bertz CT molecular complexity index is 1290. The molecule has 0 unspecified atom stereocenters. The Morgan fingerprint density at radius 3 is 2.75 bits per heavy atom. The van der Waals surface area contributed by atoms with Crippen LogP contribution in [0.25, 0.3) is 22.2 Å². The standard InChI is InChI=1S/C23H23N7O2/c1-28-15-18(17-4-2-3-5-20(17)28)19-8-9-25-23(27-19)26-16-6-7-21(22(14-16)30(31)32)29-12-10-24-11-13-29/h2-9,14-15,24H,10-13H2,1H3,(H,25,26,27). The molecule has 9 heteroatoms. The molecule has 9 nitrogen and oxygen atoms in total. The SMILES string of the molecule is Cn1cc(-c2ccnc(Nc3ccc(N4CCNCC4)c([N+](=O)[O-])c3)n2)c2ccccc21. The van der Waals surface area contributed by atoms with Crippen molar-refractivity contribution in [2.45, 2.75) is 0 Å². The van der Waals surface area contributed by atoms with Gasteiger partial charge in [-0.2, -0.15) is 0 Å². The van der Waals surface area contributed by atoms with Crippen LogP contribution in [0.2, 0.25) is 0 Å². The molecule has 2 N–H and O–H groups in total. The average molecular weight is 429 g/mol. The fourth-order valence-electron chi connectivity index (χ4n) is 4.16. The highest BCUT2D eigenvalue weighted by Gasteiger charge is 2.22. The molecule has 3 heterocycles. The quantitative estimate of drug-likeness (QED) is 0.368. The van der Waals surface area contributed by atoms with Gasteiger partial charge in [-0.15, -0.1) is 0 Å². The molecular weight excluding hydrogens is 406 g/mol. The Balaban J connectivity index is 1.45. The van der Waals surface area contributed by atoms with Crippen LogP contribution in [0.1, 0.15) is 0 Å². The number of nitrogens with zero attached hydrogens (tertiary/aromatic N) is 5. The Hall–Kier alpha value is -3.98. The van der Waals surface area contributed by atoms with Crippen LogP contribution >= 0.6 is 0 Å². The number of anilines is 3. The molecule has 32 heavy (non-hydrogen) atoms. The van der Waals surface area contributed by atoms with Crippen molar-refractivity contribution in [1.82, 2.24) is 19.9 Å². The molecule has 0 aliphatic carbocycles. The minimum absolute atomic E-state index is 0.0714. The minimum atomic E-state index is -0.337. The predicted octanol–water partition coefficient (Wildman–Crippen LogP) is 3.70. The summed E-state index contributed by atoms with van der Waals surface area (Å²) in [5.41, 5.74) is 4.19. The van der Waals surface area contributed by atoms with Gasteiger partial charge >= 0.3 is 0 Å². The van der Waals surface area contributed by atoms with E-state index in [2.05, 4.69) is 37.3 Å². The number of aryl methyl sites for hydroxylation is 1. The molecule has 2 aromatic carbocycles. The van der Waals surface area contributed by atoms with Gasteiger partial charge < -0.3 is 20.1 Å². The summed E-state index contributed by atoms with van der Waals surface area (Å²) in [6.07, 6.45) is 3.74. The van der Waals surface area contributed by atoms with Gasteiger partial charge in [0.25, 0.3) is 5.69 Å². The maximum absolute atomic E-state index is 11.7. The number of rotatable bonds is 5. The average Bonchev–Trinajstić information content (AvgIpc) is 3.16. The minimum Gasteiger partial charge on any atom is -0.363 e. The van der Waals surface area contributed by atoms with Crippen LogP contribution < -0.4 is 15.5 Å². The van der Waals surface area contributed by atoms with Gasteiger partial charge in [0.15, 0.2) is 0 Å². The zero-order valence-corrected chi connectivity index (χ0v) is 17.7. The Kier molecular flexibility index (Phi) is 5.16. The monoisotopic (exact) mass is 429 g/mol. The summed E-state index contributed by atoms with van der Waals surface area (Å²) >= 11 is 0. The number of aromatic nitrogens is 3. The van der Waals surface area contributed by atoms with E-state index < -0.39 is 0 Å². The van der Waals surface area contributed by atoms with Crippen molar-refractivity contribution in [3.05, 3.63) is 71.0 Å². The fourth-order valence-corrected chi connectivity index (χ4v) is 4.16. The number of para-hydroxylation sites is 1. The number of benzene rings is 2. The van der Waals surface area contributed by atoms with Crippen LogP contribution in [0.5, 0.6) is 0 Å². The third kappa shape index (κ3) is 3.74. The van der Waals surface area contributed by atoms with E-state index in [0.29, 0.717) is 17.3 Å². The lowest BCUT2D eigenvalue weighted by Crippen LogP contribution is -2.43. The van der Waals surface area contributed by atoms with Crippen LogP contribution in [-0.4, -0.2) is 45.6 Å². The summed E-state index contributed by atoms with van der Waals surface area (Å²) < 4.78 is 2.07. The maximum Gasteiger partial charge on any atom is 0.294 e. The zero-order chi connectivity index (χ0) is 22.1. The molecule has 1 aliphatic heterocycles. The first-order valence-electron chi connectivity index (χ1n) is 10.5. The lowest BCUT2D eigenvalue weighted by atomic mass is 10.1. The van der Waals surface area contributed by atoms with Crippen molar-refractivity contribution in [3.8, 4) is 11.3 Å². The number of hydrogen-bond donors (Lipinski definition) is 2. The van der Waals surface area contributed by atoms with E-state index >= 15 is 0 Å². The van der Waals surface area contributed by atoms with E-state index in [4.69, 9.17) is 0 Å².